The number of thioether (sulfide) groups is 1. The Labute approximate surface area is 181 Å². The van der Waals surface area contributed by atoms with Gasteiger partial charge >= 0.3 is 6.18 Å². The van der Waals surface area contributed by atoms with Gasteiger partial charge < -0.3 is 9.80 Å². The molecule has 1 aromatic heterocycles. The Kier molecular flexibility index (Phi) is 6.86. The fourth-order valence-corrected chi connectivity index (χ4v) is 4.04. The number of carbonyl (C=O) groups is 1. The van der Waals surface area contributed by atoms with Crippen LogP contribution in [0.3, 0.4) is 0 Å². The van der Waals surface area contributed by atoms with Gasteiger partial charge in [-0.1, -0.05) is 23.2 Å². The molecule has 1 aromatic carbocycles. The van der Waals surface area contributed by atoms with Crippen LogP contribution in [0.5, 0.6) is 0 Å². The van der Waals surface area contributed by atoms with Crippen molar-refractivity contribution in [2.45, 2.75) is 17.5 Å². The highest BCUT2D eigenvalue weighted by atomic mass is 35.5. The Hall–Kier alpha value is -1.64. The van der Waals surface area contributed by atoms with Crippen molar-refractivity contribution in [1.82, 2.24) is 9.88 Å². The van der Waals surface area contributed by atoms with E-state index in [1.165, 1.54) is 11.8 Å². The van der Waals surface area contributed by atoms with Crippen molar-refractivity contribution in [1.29, 1.82) is 0 Å². The number of carbonyl (C=O) groups excluding carboxylic acids is 1. The molecule has 0 aliphatic carbocycles. The van der Waals surface area contributed by atoms with Crippen molar-refractivity contribution in [3.63, 3.8) is 0 Å². The van der Waals surface area contributed by atoms with Gasteiger partial charge in [0.1, 0.15) is 5.82 Å². The van der Waals surface area contributed by atoms with E-state index in [1.54, 1.807) is 21.9 Å². The summed E-state index contributed by atoms with van der Waals surface area (Å²) in [6.07, 6.45) is -1.17. The molecule has 1 saturated heterocycles. The molecule has 0 spiro atoms. The van der Waals surface area contributed by atoms with Crippen LogP contribution in [0.25, 0.3) is 0 Å². The number of amides is 1. The number of anilines is 1. The van der Waals surface area contributed by atoms with Gasteiger partial charge in [0, 0.05) is 37.3 Å². The summed E-state index contributed by atoms with van der Waals surface area (Å²) in [5, 5.41) is 0.330. The minimum absolute atomic E-state index is 0.0599. The summed E-state index contributed by atoms with van der Waals surface area (Å²) < 4.78 is 38.5. The van der Waals surface area contributed by atoms with Gasteiger partial charge in [-0.25, -0.2) is 4.98 Å². The molecule has 0 unspecified atom stereocenters. The lowest BCUT2D eigenvalue weighted by molar-refractivity contribution is -0.137. The van der Waals surface area contributed by atoms with Crippen LogP contribution in [-0.2, 0) is 6.18 Å². The number of halogens is 5. The topological polar surface area (TPSA) is 36.4 Å². The smallest absolute Gasteiger partial charge is 0.354 e. The van der Waals surface area contributed by atoms with Gasteiger partial charge in [-0.2, -0.15) is 13.2 Å². The first-order valence-corrected chi connectivity index (χ1v) is 10.8. The lowest BCUT2D eigenvalue weighted by Crippen LogP contribution is -2.35. The number of alkyl halides is 3. The highest BCUT2D eigenvalue weighted by Crippen LogP contribution is 2.34. The van der Waals surface area contributed by atoms with Gasteiger partial charge in [-0.3, -0.25) is 4.79 Å². The quantitative estimate of drug-likeness (QED) is 0.564. The van der Waals surface area contributed by atoms with Crippen LogP contribution in [0.2, 0.25) is 10.0 Å². The molecule has 0 N–H and O–H groups in total. The maximum atomic E-state index is 13.0. The van der Waals surface area contributed by atoms with Gasteiger partial charge in [0.15, 0.2) is 0 Å². The lowest BCUT2D eigenvalue weighted by Gasteiger charge is -2.24. The third kappa shape index (κ3) is 5.10. The first-order valence-electron chi connectivity index (χ1n) is 8.81. The zero-order valence-electron chi connectivity index (χ0n) is 15.5. The number of benzene rings is 1. The normalized spacial score (nSPS) is 15.4. The average Bonchev–Trinajstić information content (AvgIpc) is 2.93. The van der Waals surface area contributed by atoms with Crippen molar-refractivity contribution in [2.24, 2.45) is 0 Å². The Morgan fingerprint density at radius 3 is 2.52 bits per heavy atom. The maximum absolute atomic E-state index is 13.0. The maximum Gasteiger partial charge on any atom is 0.417 e. The summed E-state index contributed by atoms with van der Waals surface area (Å²) in [7, 11) is 0. The molecule has 10 heteroatoms. The van der Waals surface area contributed by atoms with E-state index in [1.807, 2.05) is 12.3 Å². The summed E-state index contributed by atoms with van der Waals surface area (Å²) in [4.78, 5) is 21.3. The molecule has 0 radical (unpaired) electrons. The van der Waals surface area contributed by atoms with E-state index in [0.717, 1.165) is 17.2 Å². The predicted molar refractivity (Wildman–Crippen MR) is 110 cm³/mol. The van der Waals surface area contributed by atoms with Crippen molar-refractivity contribution in [3.05, 3.63) is 51.6 Å². The molecule has 0 bridgehead atoms. The van der Waals surface area contributed by atoms with E-state index in [4.69, 9.17) is 23.2 Å². The van der Waals surface area contributed by atoms with Crippen molar-refractivity contribution in [2.75, 3.05) is 37.3 Å². The van der Waals surface area contributed by atoms with E-state index in [9.17, 15) is 18.0 Å². The second kappa shape index (κ2) is 9.02. The third-order valence-corrected chi connectivity index (χ3v) is 5.97. The Morgan fingerprint density at radius 2 is 1.86 bits per heavy atom. The molecule has 2 heterocycles. The molecule has 3 rings (SSSR count). The van der Waals surface area contributed by atoms with Crippen LogP contribution in [0, 0.1) is 0 Å². The molecule has 156 valence electrons. The second-order valence-corrected chi connectivity index (χ2v) is 8.20. The van der Waals surface area contributed by atoms with Gasteiger partial charge in [0.25, 0.3) is 5.91 Å². The van der Waals surface area contributed by atoms with Crippen LogP contribution >= 0.6 is 35.0 Å². The fraction of sp³-hybridized carbons (Fsp3) is 0.368. The molecular formula is C19H18Cl2F3N3OS. The number of rotatable bonds is 3. The number of hydrogen-bond donors (Lipinski definition) is 0. The van der Waals surface area contributed by atoms with Gasteiger partial charge in [0.2, 0.25) is 0 Å². The van der Waals surface area contributed by atoms with Crippen LogP contribution in [0.4, 0.5) is 19.0 Å². The minimum Gasteiger partial charge on any atom is -0.354 e. The van der Waals surface area contributed by atoms with Gasteiger partial charge in [0.05, 0.1) is 21.2 Å². The van der Waals surface area contributed by atoms with E-state index >= 15 is 0 Å². The standard InChI is InChI=1S/C19H18Cl2F3N3OS/c1-29-13-3-4-15(20)14(10-13)18(28)27-6-2-5-26(7-8-27)17-16(21)9-12(11-25-17)19(22,23)24/h3-4,9-11H,2,5-8H2,1H3. The van der Waals surface area contributed by atoms with Gasteiger partial charge in [-0.05, 0) is 36.9 Å². The SMILES string of the molecule is CSc1ccc(Cl)c(C(=O)N2CCCN(c3ncc(C(F)(F)F)cc3Cl)CC2)c1. The molecule has 4 nitrogen and oxygen atoms in total. The van der Waals surface area contributed by atoms with Crippen LogP contribution in [-0.4, -0.2) is 48.2 Å². The Morgan fingerprint density at radius 1 is 1.10 bits per heavy atom. The minimum atomic E-state index is -4.50. The molecule has 1 aliphatic rings. The first kappa shape index (κ1) is 22.1. The van der Waals surface area contributed by atoms with Crippen LogP contribution in [0.1, 0.15) is 22.3 Å². The molecule has 1 aliphatic heterocycles. The monoisotopic (exact) mass is 463 g/mol. The van der Waals surface area contributed by atoms with E-state index in [-0.39, 0.29) is 16.7 Å². The molecule has 0 atom stereocenters. The highest BCUT2D eigenvalue weighted by molar-refractivity contribution is 7.98. The molecule has 1 amide bonds. The molecule has 0 saturated carbocycles. The number of pyridine rings is 1. The Bertz CT molecular complexity index is 911. The van der Waals surface area contributed by atoms with Crippen molar-refractivity contribution in [3.8, 4) is 0 Å². The summed E-state index contributed by atoms with van der Waals surface area (Å²) in [5.41, 5.74) is -0.446. The van der Waals surface area contributed by atoms with Crippen molar-refractivity contribution < 1.29 is 18.0 Å². The average molecular weight is 464 g/mol. The second-order valence-electron chi connectivity index (χ2n) is 6.51. The van der Waals surface area contributed by atoms with E-state index < -0.39 is 11.7 Å². The molecule has 2 aromatic rings. The van der Waals surface area contributed by atoms with Crippen LogP contribution < -0.4 is 4.90 Å². The third-order valence-electron chi connectivity index (χ3n) is 4.64. The predicted octanol–water partition coefficient (Wildman–Crippen LogP) is 5.48. The first-order chi connectivity index (χ1) is 13.7. The molecule has 1 fully saturated rings. The lowest BCUT2D eigenvalue weighted by atomic mass is 10.2. The summed E-state index contributed by atoms with van der Waals surface area (Å²) in [6.45, 7) is 1.83. The number of aromatic nitrogens is 1. The zero-order chi connectivity index (χ0) is 21.2. The number of nitrogens with zero attached hydrogens (tertiary/aromatic N) is 3. The fourth-order valence-electron chi connectivity index (χ4n) is 3.12. The zero-order valence-corrected chi connectivity index (χ0v) is 17.8. The summed E-state index contributed by atoms with van der Waals surface area (Å²) >= 11 is 13.8. The van der Waals surface area contributed by atoms with E-state index in [2.05, 4.69) is 4.98 Å². The van der Waals surface area contributed by atoms with Crippen molar-refractivity contribution >= 4 is 46.7 Å². The van der Waals surface area contributed by atoms with Crippen LogP contribution in [0.15, 0.2) is 35.4 Å². The summed E-state index contributed by atoms with van der Waals surface area (Å²) in [6, 6.07) is 6.21. The summed E-state index contributed by atoms with van der Waals surface area (Å²) in [5.74, 6) is 0.121. The largest absolute Gasteiger partial charge is 0.417 e. The van der Waals surface area contributed by atoms with Gasteiger partial charge in [-0.15, -0.1) is 11.8 Å². The number of hydrogen-bond acceptors (Lipinski definition) is 4. The molecule has 29 heavy (non-hydrogen) atoms. The highest BCUT2D eigenvalue weighted by Gasteiger charge is 2.32. The molecular weight excluding hydrogens is 446 g/mol. The Balaban J connectivity index is 1.75. The van der Waals surface area contributed by atoms with E-state index in [0.29, 0.717) is 43.2 Å².